The number of para-hydroxylation sites is 2. The van der Waals surface area contributed by atoms with Crippen molar-refractivity contribution >= 4 is 22.4 Å². The first kappa shape index (κ1) is 26.2. The van der Waals surface area contributed by atoms with Crippen LogP contribution in [0.4, 0.5) is 11.5 Å². The number of hydrogen-bond acceptors (Lipinski definition) is 2. The minimum atomic E-state index is 0.875. The zero-order valence-corrected chi connectivity index (χ0v) is 25.1. The molecule has 0 spiro atoms. The Hall–Kier alpha value is -6.19. The van der Waals surface area contributed by atoms with Gasteiger partial charge in [0.25, 0.3) is 0 Å². The van der Waals surface area contributed by atoms with Gasteiger partial charge in [-0.1, -0.05) is 146 Å². The molecule has 3 heterocycles. The van der Waals surface area contributed by atoms with E-state index < -0.39 is 0 Å². The normalized spacial score (nSPS) is 11.7. The fraction of sp³-hybridized carbons (Fsp3) is 0. The first-order chi connectivity index (χ1) is 22.9. The molecule has 2 aromatic heterocycles. The standard InChI is InChI=1S/C43H29N3/c1-3-15-29(16-4-1)31-22-13-23-32(30-17-5-2-6-18-30)40(31)37-25-14-24-35-33-19-7-8-20-34(33)41-36-21-9-10-26-38(36)46(43(41)45-42(35)37)39-27-11-12-28-44-39/h1-28,45H. The van der Waals surface area contributed by atoms with Gasteiger partial charge in [-0.15, -0.1) is 0 Å². The van der Waals surface area contributed by atoms with Crippen molar-refractivity contribution in [3.8, 4) is 61.5 Å². The van der Waals surface area contributed by atoms with Crippen molar-refractivity contribution < 1.29 is 0 Å². The van der Waals surface area contributed by atoms with Crippen LogP contribution >= 0.6 is 0 Å². The van der Waals surface area contributed by atoms with Gasteiger partial charge in [0, 0.05) is 28.3 Å². The maximum atomic E-state index is 4.83. The van der Waals surface area contributed by atoms with Crippen LogP contribution in [0.2, 0.25) is 0 Å². The van der Waals surface area contributed by atoms with Gasteiger partial charge < -0.3 is 5.32 Å². The summed E-state index contributed by atoms with van der Waals surface area (Å²) < 4.78 is 2.27. The Labute approximate surface area is 268 Å². The lowest BCUT2D eigenvalue weighted by Crippen LogP contribution is -2.04. The number of anilines is 2. The third kappa shape index (κ3) is 4.10. The second-order valence-electron chi connectivity index (χ2n) is 11.6. The Morgan fingerprint density at radius 1 is 0.413 bits per heavy atom. The van der Waals surface area contributed by atoms with Crippen LogP contribution in [0.1, 0.15) is 0 Å². The fourth-order valence-electron chi connectivity index (χ4n) is 7.09. The minimum absolute atomic E-state index is 0.875. The number of benzene rings is 6. The van der Waals surface area contributed by atoms with Gasteiger partial charge in [-0.05, 0) is 57.1 Å². The second-order valence-corrected chi connectivity index (χ2v) is 11.6. The molecule has 1 N–H and O–H groups in total. The van der Waals surface area contributed by atoms with Gasteiger partial charge in [0.05, 0.1) is 11.2 Å². The summed E-state index contributed by atoms with van der Waals surface area (Å²) in [5.41, 5.74) is 14.1. The molecule has 0 saturated heterocycles. The molecule has 0 radical (unpaired) electrons. The van der Waals surface area contributed by atoms with Crippen LogP contribution in [0.25, 0.3) is 72.4 Å². The van der Waals surface area contributed by atoms with Crippen molar-refractivity contribution in [3.63, 3.8) is 0 Å². The number of fused-ring (bicyclic) bond motifs is 7. The van der Waals surface area contributed by atoms with E-state index in [1.165, 1.54) is 55.5 Å². The summed E-state index contributed by atoms with van der Waals surface area (Å²) in [5.74, 6) is 1.89. The molecule has 9 rings (SSSR count). The van der Waals surface area contributed by atoms with E-state index in [1.807, 2.05) is 12.3 Å². The first-order valence-corrected chi connectivity index (χ1v) is 15.7. The SMILES string of the molecule is c1ccc(-c2cccc(-c3ccccc3)c2-c2cccc3c2Nc2c(c4ccccc4n2-c2ccccn2)-c2ccccc2-3)cc1. The minimum Gasteiger partial charge on any atom is -0.340 e. The van der Waals surface area contributed by atoms with E-state index in [4.69, 9.17) is 4.98 Å². The first-order valence-electron chi connectivity index (χ1n) is 15.7. The predicted molar refractivity (Wildman–Crippen MR) is 192 cm³/mol. The van der Waals surface area contributed by atoms with Crippen LogP contribution < -0.4 is 5.32 Å². The highest BCUT2D eigenvalue weighted by atomic mass is 15.2. The van der Waals surface area contributed by atoms with E-state index >= 15 is 0 Å². The van der Waals surface area contributed by atoms with Crippen LogP contribution in [0.5, 0.6) is 0 Å². The summed E-state index contributed by atoms with van der Waals surface area (Å²) in [5, 5.41) is 5.24. The van der Waals surface area contributed by atoms with E-state index in [0.29, 0.717) is 0 Å². The lowest BCUT2D eigenvalue weighted by atomic mass is 9.85. The average molecular weight is 588 g/mol. The van der Waals surface area contributed by atoms with Crippen LogP contribution in [0.3, 0.4) is 0 Å². The average Bonchev–Trinajstić information content (AvgIpc) is 3.37. The van der Waals surface area contributed by atoms with Crippen LogP contribution in [0, 0.1) is 0 Å². The lowest BCUT2D eigenvalue weighted by molar-refractivity contribution is 1.05. The summed E-state index contributed by atoms with van der Waals surface area (Å²) >= 11 is 0. The van der Waals surface area contributed by atoms with Crippen LogP contribution in [-0.2, 0) is 0 Å². The molecule has 0 amide bonds. The summed E-state index contributed by atoms with van der Waals surface area (Å²) in [6.07, 6.45) is 1.86. The summed E-state index contributed by atoms with van der Waals surface area (Å²) in [6, 6.07) is 58.4. The van der Waals surface area contributed by atoms with Gasteiger partial charge in [-0.2, -0.15) is 0 Å². The number of rotatable bonds is 4. The van der Waals surface area contributed by atoms with E-state index in [1.54, 1.807) is 0 Å². The van der Waals surface area contributed by atoms with Gasteiger partial charge >= 0.3 is 0 Å². The highest BCUT2D eigenvalue weighted by molar-refractivity contribution is 6.13. The highest BCUT2D eigenvalue weighted by Crippen LogP contribution is 2.53. The zero-order chi connectivity index (χ0) is 30.5. The molecule has 0 atom stereocenters. The largest absolute Gasteiger partial charge is 0.340 e. The number of nitrogens with zero attached hydrogens (tertiary/aromatic N) is 2. The quantitative estimate of drug-likeness (QED) is 0.222. The Kier molecular flexibility index (Phi) is 6.14. The van der Waals surface area contributed by atoms with Crippen molar-refractivity contribution in [1.29, 1.82) is 0 Å². The number of pyridine rings is 1. The van der Waals surface area contributed by atoms with Crippen molar-refractivity contribution in [2.75, 3.05) is 5.32 Å². The van der Waals surface area contributed by atoms with E-state index in [0.717, 1.165) is 28.4 Å². The van der Waals surface area contributed by atoms with Gasteiger partial charge in [0.15, 0.2) is 0 Å². The van der Waals surface area contributed by atoms with Crippen LogP contribution in [-0.4, -0.2) is 9.55 Å². The van der Waals surface area contributed by atoms with Gasteiger partial charge in [0.1, 0.15) is 11.6 Å². The zero-order valence-electron chi connectivity index (χ0n) is 25.1. The third-order valence-corrected chi connectivity index (χ3v) is 9.05. The number of hydrogen-bond donors (Lipinski definition) is 1. The van der Waals surface area contributed by atoms with Crippen molar-refractivity contribution in [2.45, 2.75) is 0 Å². The monoisotopic (exact) mass is 587 g/mol. The summed E-state index contributed by atoms with van der Waals surface area (Å²) in [6.45, 7) is 0. The van der Waals surface area contributed by atoms with E-state index in [-0.39, 0.29) is 0 Å². The summed E-state index contributed by atoms with van der Waals surface area (Å²) in [7, 11) is 0. The molecule has 1 aliphatic heterocycles. The van der Waals surface area contributed by atoms with Crippen molar-refractivity contribution in [2.24, 2.45) is 0 Å². The summed E-state index contributed by atoms with van der Waals surface area (Å²) in [4.78, 5) is 4.83. The molecule has 0 bridgehead atoms. The predicted octanol–water partition coefficient (Wildman–Crippen LogP) is 11.4. The Morgan fingerprint density at radius 3 is 1.67 bits per heavy atom. The topological polar surface area (TPSA) is 29.9 Å². The highest BCUT2D eigenvalue weighted by Gasteiger charge is 2.29. The van der Waals surface area contributed by atoms with Gasteiger partial charge in [-0.3, -0.25) is 4.57 Å². The van der Waals surface area contributed by atoms with E-state index in [9.17, 15) is 0 Å². The molecule has 46 heavy (non-hydrogen) atoms. The Bertz CT molecular complexity index is 2310. The molecule has 0 aliphatic carbocycles. The van der Waals surface area contributed by atoms with Crippen LogP contribution in [0.15, 0.2) is 170 Å². The molecule has 3 heteroatoms. The maximum Gasteiger partial charge on any atom is 0.138 e. The molecule has 3 nitrogen and oxygen atoms in total. The van der Waals surface area contributed by atoms with Gasteiger partial charge in [0.2, 0.25) is 0 Å². The molecule has 0 saturated carbocycles. The molecule has 1 aliphatic rings. The molecular formula is C43H29N3. The van der Waals surface area contributed by atoms with E-state index in [2.05, 4.69) is 168 Å². The fourth-order valence-corrected chi connectivity index (χ4v) is 7.09. The Balaban J connectivity index is 1.40. The van der Waals surface area contributed by atoms with Gasteiger partial charge in [-0.25, -0.2) is 4.98 Å². The lowest BCUT2D eigenvalue weighted by Gasteiger charge is -2.22. The molecule has 0 unspecified atom stereocenters. The second kappa shape index (κ2) is 10.8. The molecule has 216 valence electrons. The molecule has 0 fully saturated rings. The van der Waals surface area contributed by atoms with Crippen molar-refractivity contribution in [1.82, 2.24) is 9.55 Å². The van der Waals surface area contributed by atoms with Crippen molar-refractivity contribution in [3.05, 3.63) is 170 Å². The number of aromatic nitrogens is 2. The molecule has 8 aromatic rings. The Morgan fingerprint density at radius 2 is 0.978 bits per heavy atom. The maximum absolute atomic E-state index is 4.83. The number of nitrogens with one attached hydrogen (secondary N) is 1. The molecule has 6 aromatic carbocycles. The third-order valence-electron chi connectivity index (χ3n) is 9.05. The smallest absolute Gasteiger partial charge is 0.138 e. The molecular weight excluding hydrogens is 558 g/mol.